The molecule has 0 amide bonds. The van der Waals surface area contributed by atoms with Gasteiger partial charge < -0.3 is 19.1 Å². The molecule has 182 valence electrons. The number of benzene rings is 3. The van der Waals surface area contributed by atoms with Crippen LogP contribution < -0.4 is 14.4 Å². The Morgan fingerprint density at radius 3 is 2.63 bits per heavy atom. The van der Waals surface area contributed by atoms with Gasteiger partial charge in [-0.25, -0.2) is 4.79 Å². The van der Waals surface area contributed by atoms with Gasteiger partial charge in [-0.3, -0.25) is 0 Å². The molecular weight excluding hydrogens is 438 g/mol. The minimum atomic E-state index is -0.284. The number of fused-ring (bicyclic) bond motifs is 1. The predicted octanol–water partition coefficient (Wildman–Crippen LogP) is 6.51. The third-order valence-electron chi connectivity index (χ3n) is 6.04. The maximum Gasteiger partial charge on any atom is 0.333 e. The Labute approximate surface area is 207 Å². The molecule has 0 aromatic heterocycles. The fourth-order valence-electron chi connectivity index (χ4n) is 4.38. The van der Waals surface area contributed by atoms with Crippen LogP contribution >= 0.6 is 0 Å². The van der Waals surface area contributed by atoms with E-state index >= 15 is 0 Å². The maximum atomic E-state index is 12.5. The van der Waals surface area contributed by atoms with E-state index in [0.717, 1.165) is 45.9 Å². The Morgan fingerprint density at radius 2 is 1.83 bits per heavy atom. The molecule has 3 aromatic carbocycles. The molecule has 5 heteroatoms. The van der Waals surface area contributed by atoms with Gasteiger partial charge in [0.15, 0.2) is 0 Å². The van der Waals surface area contributed by atoms with Crippen LogP contribution in [0.4, 0.5) is 5.69 Å². The molecule has 0 spiro atoms. The fourth-order valence-corrected chi connectivity index (χ4v) is 4.38. The first-order valence-electron chi connectivity index (χ1n) is 12.2. The highest BCUT2D eigenvalue weighted by atomic mass is 16.5. The van der Waals surface area contributed by atoms with Gasteiger partial charge in [-0.1, -0.05) is 43.3 Å². The number of hydrogen-bond donors (Lipinski definition) is 0. The van der Waals surface area contributed by atoms with Gasteiger partial charge in [-0.05, 0) is 72.9 Å². The summed E-state index contributed by atoms with van der Waals surface area (Å²) in [7, 11) is 1.43. The van der Waals surface area contributed by atoms with Crippen molar-refractivity contribution in [2.24, 2.45) is 0 Å². The molecule has 0 atom stereocenters. The van der Waals surface area contributed by atoms with Crippen molar-refractivity contribution in [2.75, 3.05) is 31.8 Å². The summed E-state index contributed by atoms with van der Waals surface area (Å²) >= 11 is 0. The Morgan fingerprint density at radius 1 is 0.971 bits per heavy atom. The topological polar surface area (TPSA) is 48.0 Å². The Kier molecular flexibility index (Phi) is 8.09. The molecule has 3 aromatic rings. The molecule has 0 fully saturated rings. The number of esters is 1. The normalized spacial score (nSPS) is 12.9. The van der Waals surface area contributed by atoms with Crippen molar-refractivity contribution in [1.29, 1.82) is 0 Å². The van der Waals surface area contributed by atoms with Crippen LogP contribution in [0.25, 0.3) is 17.2 Å². The second kappa shape index (κ2) is 11.6. The lowest BCUT2D eigenvalue weighted by Gasteiger charge is -2.26. The monoisotopic (exact) mass is 471 g/mol. The van der Waals surface area contributed by atoms with Gasteiger partial charge in [-0.2, -0.15) is 0 Å². The first-order chi connectivity index (χ1) is 17.1. The summed E-state index contributed by atoms with van der Waals surface area (Å²) in [4.78, 5) is 14.8. The summed E-state index contributed by atoms with van der Waals surface area (Å²) in [6, 6.07) is 22.7. The molecule has 1 aliphatic heterocycles. The largest absolute Gasteiger partial charge is 0.494 e. The van der Waals surface area contributed by atoms with E-state index in [-0.39, 0.29) is 5.97 Å². The molecule has 0 unspecified atom stereocenters. The Hall–Kier alpha value is -3.73. The zero-order valence-electron chi connectivity index (χ0n) is 20.8. The summed E-state index contributed by atoms with van der Waals surface area (Å²) in [5.41, 5.74) is 5.99. The van der Waals surface area contributed by atoms with Crippen LogP contribution in [-0.2, 0) is 16.1 Å². The molecule has 0 N–H and O–H groups in total. The second-order valence-corrected chi connectivity index (χ2v) is 8.53. The zero-order chi connectivity index (χ0) is 24.6. The number of carbonyl (C=O) groups is 1. The van der Waals surface area contributed by atoms with Crippen molar-refractivity contribution in [3.8, 4) is 22.6 Å². The van der Waals surface area contributed by atoms with Crippen LogP contribution in [0, 0.1) is 0 Å². The maximum absolute atomic E-state index is 12.5. The standard InChI is InChI=1S/C30H33NO4/c1-4-17-35-26-10-8-9-22(18-26)21-31-16-15-24(30(32)33-3)20-25-19-23(13-14-28(25)31)27-11-6-7-12-29(27)34-5-2/h6-14,18-20H,4-5,15-17,21H2,1-3H3. The van der Waals surface area contributed by atoms with E-state index in [9.17, 15) is 4.79 Å². The van der Waals surface area contributed by atoms with Crippen LogP contribution in [0.2, 0.25) is 0 Å². The molecule has 35 heavy (non-hydrogen) atoms. The molecule has 1 aliphatic rings. The third-order valence-corrected chi connectivity index (χ3v) is 6.04. The number of para-hydroxylation sites is 1. The van der Waals surface area contributed by atoms with E-state index < -0.39 is 0 Å². The number of hydrogen-bond acceptors (Lipinski definition) is 5. The van der Waals surface area contributed by atoms with E-state index in [1.54, 1.807) is 0 Å². The average molecular weight is 472 g/mol. The SMILES string of the molecule is CCCOc1cccc(CN2CCC(C(=O)OC)=Cc3cc(-c4ccccc4OCC)ccc32)c1. The van der Waals surface area contributed by atoms with Crippen molar-refractivity contribution in [1.82, 2.24) is 0 Å². The van der Waals surface area contributed by atoms with Crippen LogP contribution in [-0.4, -0.2) is 32.8 Å². The minimum Gasteiger partial charge on any atom is -0.494 e. The highest BCUT2D eigenvalue weighted by molar-refractivity contribution is 5.96. The van der Waals surface area contributed by atoms with E-state index in [0.29, 0.717) is 38.3 Å². The van der Waals surface area contributed by atoms with Crippen LogP contribution in [0.5, 0.6) is 11.5 Å². The summed E-state index contributed by atoms with van der Waals surface area (Å²) in [6.07, 6.45) is 3.55. The molecule has 0 radical (unpaired) electrons. The van der Waals surface area contributed by atoms with Gasteiger partial charge in [0.25, 0.3) is 0 Å². The first kappa shape index (κ1) is 24.4. The lowest BCUT2D eigenvalue weighted by Crippen LogP contribution is -2.24. The van der Waals surface area contributed by atoms with Crippen LogP contribution in [0.15, 0.2) is 72.3 Å². The third kappa shape index (κ3) is 5.86. The van der Waals surface area contributed by atoms with Gasteiger partial charge in [0, 0.05) is 29.9 Å². The van der Waals surface area contributed by atoms with Gasteiger partial charge in [0.2, 0.25) is 0 Å². The quantitative estimate of drug-likeness (QED) is 0.333. The van der Waals surface area contributed by atoms with Crippen LogP contribution in [0.1, 0.15) is 37.8 Å². The number of rotatable bonds is 9. The van der Waals surface area contributed by atoms with Gasteiger partial charge in [-0.15, -0.1) is 0 Å². The lowest BCUT2D eigenvalue weighted by molar-refractivity contribution is -0.136. The fraction of sp³-hybridized carbons (Fsp3) is 0.300. The van der Waals surface area contributed by atoms with Gasteiger partial charge in [0.1, 0.15) is 11.5 Å². The highest BCUT2D eigenvalue weighted by Crippen LogP contribution is 2.36. The van der Waals surface area contributed by atoms with E-state index in [2.05, 4.69) is 48.2 Å². The molecule has 5 nitrogen and oxygen atoms in total. The Bertz CT molecular complexity index is 1200. The molecule has 0 aliphatic carbocycles. The van der Waals surface area contributed by atoms with E-state index in [1.807, 2.05) is 43.3 Å². The average Bonchev–Trinajstić information content (AvgIpc) is 3.07. The predicted molar refractivity (Wildman–Crippen MR) is 141 cm³/mol. The summed E-state index contributed by atoms with van der Waals surface area (Å²) in [5.74, 6) is 1.45. The number of ether oxygens (including phenoxy) is 3. The van der Waals surface area contributed by atoms with Gasteiger partial charge >= 0.3 is 5.97 Å². The van der Waals surface area contributed by atoms with Crippen molar-refractivity contribution < 1.29 is 19.0 Å². The van der Waals surface area contributed by atoms with Gasteiger partial charge in [0.05, 0.1) is 20.3 Å². The van der Waals surface area contributed by atoms with E-state index in [1.165, 1.54) is 7.11 Å². The smallest absolute Gasteiger partial charge is 0.333 e. The zero-order valence-corrected chi connectivity index (χ0v) is 20.8. The van der Waals surface area contributed by atoms with E-state index in [4.69, 9.17) is 14.2 Å². The lowest BCUT2D eigenvalue weighted by atomic mass is 9.99. The van der Waals surface area contributed by atoms with Crippen LogP contribution in [0.3, 0.4) is 0 Å². The molecular formula is C30H33NO4. The molecule has 4 rings (SSSR count). The summed E-state index contributed by atoms with van der Waals surface area (Å²) in [5, 5.41) is 0. The molecule has 0 saturated heterocycles. The summed E-state index contributed by atoms with van der Waals surface area (Å²) in [6.45, 7) is 6.82. The molecule has 1 heterocycles. The second-order valence-electron chi connectivity index (χ2n) is 8.53. The van der Waals surface area contributed by atoms with Crippen molar-refractivity contribution >= 4 is 17.7 Å². The molecule has 0 saturated carbocycles. The number of nitrogens with zero attached hydrogens (tertiary/aromatic N) is 1. The minimum absolute atomic E-state index is 0.284. The van der Waals surface area contributed by atoms with Crippen molar-refractivity contribution in [3.05, 3.63) is 83.4 Å². The highest BCUT2D eigenvalue weighted by Gasteiger charge is 2.21. The molecule has 0 bridgehead atoms. The summed E-state index contributed by atoms with van der Waals surface area (Å²) < 4.78 is 16.8. The van der Waals surface area contributed by atoms with Crippen molar-refractivity contribution in [3.63, 3.8) is 0 Å². The number of anilines is 1. The first-order valence-corrected chi connectivity index (χ1v) is 12.2. The number of carbonyl (C=O) groups excluding carboxylic acids is 1. The van der Waals surface area contributed by atoms with Crippen molar-refractivity contribution in [2.45, 2.75) is 33.2 Å². The number of methoxy groups -OCH3 is 1. The Balaban J connectivity index is 1.71.